The van der Waals surface area contributed by atoms with Crippen molar-refractivity contribution in [3.8, 4) is 12.3 Å². The quantitative estimate of drug-likeness (QED) is 0.619. The van der Waals surface area contributed by atoms with Gasteiger partial charge in [0.25, 0.3) is 0 Å². The van der Waals surface area contributed by atoms with Crippen molar-refractivity contribution in [1.82, 2.24) is 10.6 Å². The number of hydrogen-bond acceptors (Lipinski definition) is 3. The summed E-state index contributed by atoms with van der Waals surface area (Å²) >= 11 is 0. The van der Waals surface area contributed by atoms with Crippen LogP contribution in [0.1, 0.15) is 6.42 Å². The highest BCUT2D eigenvalue weighted by Crippen LogP contribution is 2.07. The molecule has 5 heteroatoms. The van der Waals surface area contributed by atoms with Crippen LogP contribution in [0.4, 0.5) is 9.18 Å². The van der Waals surface area contributed by atoms with E-state index in [1.165, 1.54) is 0 Å². The third-order valence-electron chi connectivity index (χ3n) is 2.00. The molecule has 0 spiro atoms. The van der Waals surface area contributed by atoms with Crippen LogP contribution in [-0.2, 0) is 4.74 Å². The summed E-state index contributed by atoms with van der Waals surface area (Å²) in [5.41, 5.74) is 0. The number of halogens is 1. The van der Waals surface area contributed by atoms with Gasteiger partial charge < -0.3 is 15.4 Å². The van der Waals surface area contributed by atoms with Gasteiger partial charge in [0.1, 0.15) is 6.17 Å². The Labute approximate surface area is 82.2 Å². The van der Waals surface area contributed by atoms with E-state index >= 15 is 0 Å². The van der Waals surface area contributed by atoms with Crippen LogP contribution in [-0.4, -0.2) is 38.0 Å². The standard InChI is InChI=1S/C9H13FN2O2/c1-2-5-14-9(13)12-8-3-4-11-6-7(8)10/h1,7-8,11H,3-6H2,(H,12,13). The van der Waals surface area contributed by atoms with Gasteiger partial charge in [-0.05, 0) is 13.0 Å². The summed E-state index contributed by atoms with van der Waals surface area (Å²) in [5.74, 6) is 2.16. The van der Waals surface area contributed by atoms with Crippen molar-refractivity contribution in [2.75, 3.05) is 19.7 Å². The zero-order chi connectivity index (χ0) is 10.4. The molecule has 0 bridgehead atoms. The van der Waals surface area contributed by atoms with E-state index in [1.54, 1.807) is 0 Å². The maximum atomic E-state index is 13.2. The molecule has 2 atom stereocenters. The molecule has 0 aliphatic carbocycles. The minimum absolute atomic E-state index is 0.0895. The van der Waals surface area contributed by atoms with Crippen molar-refractivity contribution < 1.29 is 13.9 Å². The van der Waals surface area contributed by atoms with Gasteiger partial charge in [0.05, 0.1) is 6.04 Å². The first kappa shape index (κ1) is 10.8. The third-order valence-corrected chi connectivity index (χ3v) is 2.00. The Kier molecular flexibility index (Phi) is 4.20. The summed E-state index contributed by atoms with van der Waals surface area (Å²) in [4.78, 5) is 11.0. The molecule has 1 aliphatic heterocycles. The second kappa shape index (κ2) is 5.45. The topological polar surface area (TPSA) is 50.4 Å². The van der Waals surface area contributed by atoms with Crippen molar-refractivity contribution in [2.24, 2.45) is 0 Å². The molecular formula is C9H13FN2O2. The van der Waals surface area contributed by atoms with E-state index in [4.69, 9.17) is 6.42 Å². The molecule has 1 rings (SSSR count). The highest BCUT2D eigenvalue weighted by atomic mass is 19.1. The number of terminal acetylenes is 1. The molecule has 1 fully saturated rings. The summed E-state index contributed by atoms with van der Waals surface area (Å²) in [6.45, 7) is 0.869. The van der Waals surface area contributed by atoms with Crippen LogP contribution >= 0.6 is 0 Å². The van der Waals surface area contributed by atoms with Crippen molar-refractivity contribution in [3.05, 3.63) is 0 Å². The first-order chi connectivity index (χ1) is 6.74. The van der Waals surface area contributed by atoms with E-state index in [0.29, 0.717) is 13.0 Å². The molecular weight excluding hydrogens is 187 g/mol. The molecule has 0 aromatic heterocycles. The lowest BCUT2D eigenvalue weighted by Crippen LogP contribution is -2.50. The van der Waals surface area contributed by atoms with Crippen LogP contribution in [0.15, 0.2) is 0 Å². The lowest BCUT2D eigenvalue weighted by atomic mass is 10.1. The zero-order valence-corrected chi connectivity index (χ0v) is 7.75. The summed E-state index contributed by atoms with van der Waals surface area (Å²) in [6, 6.07) is -0.471. The number of nitrogens with one attached hydrogen (secondary N) is 2. The molecule has 2 unspecified atom stereocenters. The van der Waals surface area contributed by atoms with E-state index in [0.717, 1.165) is 0 Å². The Morgan fingerprint density at radius 1 is 1.79 bits per heavy atom. The van der Waals surface area contributed by atoms with Crippen LogP contribution in [0.3, 0.4) is 0 Å². The molecule has 14 heavy (non-hydrogen) atoms. The Balaban J connectivity index is 2.28. The molecule has 0 radical (unpaired) electrons. The predicted molar refractivity (Wildman–Crippen MR) is 49.5 cm³/mol. The average molecular weight is 200 g/mol. The highest BCUT2D eigenvalue weighted by molar-refractivity contribution is 5.67. The summed E-state index contributed by atoms with van der Waals surface area (Å²) in [5, 5.41) is 5.31. The van der Waals surface area contributed by atoms with Crippen molar-refractivity contribution >= 4 is 6.09 Å². The normalized spacial score (nSPS) is 26.3. The summed E-state index contributed by atoms with van der Waals surface area (Å²) in [6.07, 6.45) is 3.74. The van der Waals surface area contributed by atoms with Gasteiger partial charge in [0.15, 0.2) is 6.61 Å². The molecule has 1 heterocycles. The number of piperidine rings is 1. The van der Waals surface area contributed by atoms with Gasteiger partial charge >= 0.3 is 6.09 Å². The first-order valence-corrected chi connectivity index (χ1v) is 4.45. The number of alkyl halides is 1. The fraction of sp³-hybridized carbons (Fsp3) is 0.667. The molecule has 1 amide bonds. The number of amides is 1. The summed E-state index contributed by atoms with van der Waals surface area (Å²) < 4.78 is 17.7. The maximum Gasteiger partial charge on any atom is 0.408 e. The molecule has 2 N–H and O–H groups in total. The smallest absolute Gasteiger partial charge is 0.408 e. The van der Waals surface area contributed by atoms with Crippen LogP contribution in [0.5, 0.6) is 0 Å². The minimum atomic E-state index is -1.07. The van der Waals surface area contributed by atoms with Gasteiger partial charge in [-0.25, -0.2) is 9.18 Å². The molecule has 0 saturated carbocycles. The van der Waals surface area contributed by atoms with Gasteiger partial charge in [0, 0.05) is 6.54 Å². The lowest BCUT2D eigenvalue weighted by molar-refractivity contribution is 0.138. The summed E-state index contributed by atoms with van der Waals surface area (Å²) in [7, 11) is 0. The van der Waals surface area contributed by atoms with Gasteiger partial charge in [-0.15, -0.1) is 6.42 Å². The van der Waals surface area contributed by atoms with Gasteiger partial charge in [-0.3, -0.25) is 0 Å². The fourth-order valence-corrected chi connectivity index (χ4v) is 1.28. The van der Waals surface area contributed by atoms with E-state index in [9.17, 15) is 9.18 Å². The zero-order valence-electron chi connectivity index (χ0n) is 7.75. The Morgan fingerprint density at radius 3 is 3.21 bits per heavy atom. The van der Waals surface area contributed by atoms with Crippen LogP contribution in [0, 0.1) is 12.3 Å². The van der Waals surface area contributed by atoms with Crippen LogP contribution < -0.4 is 10.6 Å². The largest absolute Gasteiger partial charge is 0.436 e. The van der Waals surface area contributed by atoms with Gasteiger partial charge in [-0.1, -0.05) is 5.92 Å². The molecule has 1 aliphatic rings. The number of carbonyl (C=O) groups excluding carboxylic acids is 1. The number of rotatable bonds is 2. The average Bonchev–Trinajstić information content (AvgIpc) is 2.18. The van der Waals surface area contributed by atoms with E-state index in [-0.39, 0.29) is 13.2 Å². The monoisotopic (exact) mass is 200 g/mol. The first-order valence-electron chi connectivity index (χ1n) is 4.45. The maximum absolute atomic E-state index is 13.2. The molecule has 0 aromatic rings. The fourth-order valence-electron chi connectivity index (χ4n) is 1.28. The number of hydrogen-bond donors (Lipinski definition) is 2. The van der Waals surface area contributed by atoms with Gasteiger partial charge in [-0.2, -0.15) is 0 Å². The minimum Gasteiger partial charge on any atom is -0.436 e. The SMILES string of the molecule is C#CCOC(=O)NC1CCNCC1F. The number of carbonyl (C=O) groups is 1. The van der Waals surface area contributed by atoms with Crippen molar-refractivity contribution in [2.45, 2.75) is 18.6 Å². The van der Waals surface area contributed by atoms with Crippen LogP contribution in [0.25, 0.3) is 0 Å². The van der Waals surface area contributed by atoms with Gasteiger partial charge in [0.2, 0.25) is 0 Å². The molecule has 0 aromatic carbocycles. The van der Waals surface area contributed by atoms with Crippen molar-refractivity contribution in [3.63, 3.8) is 0 Å². The molecule has 1 saturated heterocycles. The van der Waals surface area contributed by atoms with Crippen molar-refractivity contribution in [1.29, 1.82) is 0 Å². The van der Waals surface area contributed by atoms with E-state index < -0.39 is 18.3 Å². The second-order valence-electron chi connectivity index (χ2n) is 3.04. The Morgan fingerprint density at radius 2 is 2.57 bits per heavy atom. The molecule has 78 valence electrons. The van der Waals surface area contributed by atoms with E-state index in [1.807, 2.05) is 0 Å². The molecule has 4 nitrogen and oxygen atoms in total. The second-order valence-corrected chi connectivity index (χ2v) is 3.04. The predicted octanol–water partition coefficient (Wildman–Crippen LogP) is 0.0458. The number of ether oxygens (including phenoxy) is 1. The van der Waals surface area contributed by atoms with E-state index in [2.05, 4.69) is 21.3 Å². The number of alkyl carbamates (subject to hydrolysis) is 1. The third kappa shape index (κ3) is 3.23. The Hall–Kier alpha value is -1.28. The lowest BCUT2D eigenvalue weighted by Gasteiger charge is -2.26. The highest BCUT2D eigenvalue weighted by Gasteiger charge is 2.26. The van der Waals surface area contributed by atoms with Crippen LogP contribution in [0.2, 0.25) is 0 Å². The Bertz CT molecular complexity index is 239.